The molecule has 0 heterocycles. The van der Waals surface area contributed by atoms with Crippen molar-refractivity contribution in [2.24, 2.45) is 5.92 Å². The average molecular weight is 162 g/mol. The maximum Gasteiger partial charge on any atom is 1.00 e. The molecule has 1 saturated carbocycles. The number of ketones is 1. The first-order valence-electron chi connectivity index (χ1n) is 3.06. The fraction of sp³-hybridized carbons (Fsp3) is 0.429. The molecule has 1 aliphatic carbocycles. The molecule has 3 nitrogen and oxygen atoms in total. The number of carboxylic acid groups (broad SMARTS) is 1. The van der Waals surface area contributed by atoms with Gasteiger partial charge in [-0.05, 0) is 12.0 Å². The molecular formula is C7H7NaO3. The zero-order chi connectivity index (χ0) is 7.72. The molecule has 0 spiro atoms. The smallest absolute Gasteiger partial charge is 0.549 e. The summed E-state index contributed by atoms with van der Waals surface area (Å²) in [6, 6.07) is 0. The second-order valence-corrected chi connectivity index (χ2v) is 2.36. The fourth-order valence-electron chi connectivity index (χ4n) is 1.06. The molecule has 0 saturated heterocycles. The summed E-state index contributed by atoms with van der Waals surface area (Å²) in [7, 11) is 0. The van der Waals surface area contributed by atoms with Crippen LogP contribution in [0.2, 0.25) is 0 Å². The number of carboxylic acids is 1. The van der Waals surface area contributed by atoms with Gasteiger partial charge in [0.25, 0.3) is 0 Å². The molecule has 54 valence electrons. The van der Waals surface area contributed by atoms with Crippen molar-refractivity contribution in [2.45, 2.75) is 12.8 Å². The largest absolute Gasteiger partial charge is 1.00 e. The van der Waals surface area contributed by atoms with Crippen molar-refractivity contribution >= 4 is 11.8 Å². The Morgan fingerprint density at radius 1 is 1.64 bits per heavy atom. The standard InChI is InChI=1S/C7H8O3.Na/c1-4-5(7(9)10)2-3-6(4)8;/h5H,1-3H2,(H,9,10);/q;+1/p-1. The molecule has 0 radical (unpaired) electrons. The van der Waals surface area contributed by atoms with Crippen LogP contribution in [0.15, 0.2) is 12.2 Å². The summed E-state index contributed by atoms with van der Waals surface area (Å²) >= 11 is 0. The van der Waals surface area contributed by atoms with Crippen LogP contribution in [0.5, 0.6) is 0 Å². The molecule has 4 heteroatoms. The van der Waals surface area contributed by atoms with Gasteiger partial charge in [0.15, 0.2) is 5.78 Å². The number of hydrogen-bond donors (Lipinski definition) is 0. The zero-order valence-corrected chi connectivity index (χ0v) is 8.42. The first-order chi connectivity index (χ1) is 4.63. The first-order valence-corrected chi connectivity index (χ1v) is 3.06. The van der Waals surface area contributed by atoms with Crippen LogP contribution < -0.4 is 34.7 Å². The second kappa shape index (κ2) is 4.04. The van der Waals surface area contributed by atoms with Gasteiger partial charge in [0, 0.05) is 18.3 Å². The van der Waals surface area contributed by atoms with Gasteiger partial charge in [-0.2, -0.15) is 0 Å². The summed E-state index contributed by atoms with van der Waals surface area (Å²) in [5, 5.41) is 10.2. The topological polar surface area (TPSA) is 57.2 Å². The van der Waals surface area contributed by atoms with Gasteiger partial charge in [-0.25, -0.2) is 0 Å². The third kappa shape index (κ3) is 2.15. The molecular weight excluding hydrogens is 155 g/mol. The summed E-state index contributed by atoms with van der Waals surface area (Å²) in [6.07, 6.45) is 0.664. The van der Waals surface area contributed by atoms with Crippen LogP contribution in [0.1, 0.15) is 12.8 Å². The van der Waals surface area contributed by atoms with Crippen LogP contribution in [0.4, 0.5) is 0 Å². The summed E-state index contributed by atoms with van der Waals surface area (Å²) < 4.78 is 0. The Bertz CT molecular complexity index is 210. The predicted molar refractivity (Wildman–Crippen MR) is 31.9 cm³/mol. The van der Waals surface area contributed by atoms with Crippen LogP contribution in [0.3, 0.4) is 0 Å². The number of hydrogen-bond acceptors (Lipinski definition) is 3. The second-order valence-electron chi connectivity index (χ2n) is 2.36. The summed E-state index contributed by atoms with van der Waals surface area (Å²) in [4.78, 5) is 20.9. The minimum atomic E-state index is -1.18. The number of rotatable bonds is 1. The van der Waals surface area contributed by atoms with E-state index in [0.29, 0.717) is 12.8 Å². The van der Waals surface area contributed by atoms with Crippen molar-refractivity contribution < 1.29 is 44.3 Å². The summed E-state index contributed by atoms with van der Waals surface area (Å²) in [5.41, 5.74) is 0.194. The quantitative estimate of drug-likeness (QED) is 0.294. The number of Topliss-reactive ketones (excluding diaryl/α,β-unsaturated/α-hetero) is 1. The van der Waals surface area contributed by atoms with E-state index in [4.69, 9.17) is 0 Å². The Kier molecular flexibility index (Phi) is 4.00. The van der Waals surface area contributed by atoms with Gasteiger partial charge in [-0.3, -0.25) is 4.79 Å². The van der Waals surface area contributed by atoms with E-state index in [1.165, 1.54) is 0 Å². The van der Waals surface area contributed by atoms with Crippen LogP contribution in [0.25, 0.3) is 0 Å². The molecule has 1 atom stereocenters. The summed E-state index contributed by atoms with van der Waals surface area (Å²) in [5.74, 6) is -2.06. The van der Waals surface area contributed by atoms with Crippen molar-refractivity contribution in [3.8, 4) is 0 Å². The molecule has 0 aromatic heterocycles. The summed E-state index contributed by atoms with van der Waals surface area (Å²) in [6.45, 7) is 3.37. The molecule has 0 amide bonds. The molecule has 0 N–H and O–H groups in total. The molecule has 0 bridgehead atoms. The van der Waals surface area contributed by atoms with Gasteiger partial charge >= 0.3 is 29.6 Å². The third-order valence-corrected chi connectivity index (χ3v) is 1.72. The number of carbonyl (C=O) groups is 2. The van der Waals surface area contributed by atoms with E-state index in [1.807, 2.05) is 0 Å². The van der Waals surface area contributed by atoms with Gasteiger partial charge in [0.2, 0.25) is 0 Å². The molecule has 1 aliphatic rings. The maximum absolute atomic E-state index is 10.7. The van der Waals surface area contributed by atoms with E-state index in [9.17, 15) is 14.7 Å². The minimum absolute atomic E-state index is 0. The van der Waals surface area contributed by atoms with Crippen molar-refractivity contribution in [1.29, 1.82) is 0 Å². The molecule has 0 aliphatic heterocycles. The van der Waals surface area contributed by atoms with Gasteiger partial charge in [-0.15, -0.1) is 0 Å². The molecule has 1 unspecified atom stereocenters. The molecule has 11 heavy (non-hydrogen) atoms. The van der Waals surface area contributed by atoms with E-state index in [0.717, 1.165) is 0 Å². The van der Waals surface area contributed by atoms with E-state index in [1.54, 1.807) is 0 Å². The van der Waals surface area contributed by atoms with Gasteiger partial charge in [0.1, 0.15) is 0 Å². The van der Waals surface area contributed by atoms with Crippen LogP contribution in [0, 0.1) is 5.92 Å². The van der Waals surface area contributed by atoms with Crippen LogP contribution in [-0.2, 0) is 9.59 Å². The maximum atomic E-state index is 10.7. The van der Waals surface area contributed by atoms with Gasteiger partial charge in [0.05, 0.1) is 0 Å². The molecule has 0 aromatic carbocycles. The van der Waals surface area contributed by atoms with E-state index in [-0.39, 0.29) is 40.9 Å². The average Bonchev–Trinajstić information content (AvgIpc) is 2.14. The molecule has 0 aromatic rings. The van der Waals surface area contributed by atoms with Crippen LogP contribution in [-0.4, -0.2) is 11.8 Å². The Balaban J connectivity index is 0.000001000. The predicted octanol–water partition coefficient (Wildman–Crippen LogP) is -3.72. The van der Waals surface area contributed by atoms with E-state index >= 15 is 0 Å². The Morgan fingerprint density at radius 3 is 2.36 bits per heavy atom. The van der Waals surface area contributed by atoms with Crippen molar-refractivity contribution in [3.63, 3.8) is 0 Å². The Labute approximate surface area is 86.8 Å². The first kappa shape index (κ1) is 10.9. The SMILES string of the molecule is C=C1C(=O)CCC1C(=O)[O-].[Na+]. The van der Waals surface area contributed by atoms with Crippen LogP contribution >= 0.6 is 0 Å². The Hall–Kier alpha value is -0.120. The fourth-order valence-corrected chi connectivity index (χ4v) is 1.06. The molecule has 1 fully saturated rings. The normalized spacial score (nSPS) is 23.1. The Morgan fingerprint density at radius 2 is 2.18 bits per heavy atom. The van der Waals surface area contributed by atoms with Crippen molar-refractivity contribution in [2.75, 3.05) is 0 Å². The van der Waals surface area contributed by atoms with Gasteiger partial charge < -0.3 is 9.90 Å². The number of aliphatic carboxylic acids is 1. The zero-order valence-electron chi connectivity index (χ0n) is 6.42. The minimum Gasteiger partial charge on any atom is -0.549 e. The van der Waals surface area contributed by atoms with E-state index < -0.39 is 11.9 Å². The number of carbonyl (C=O) groups excluding carboxylic acids is 2. The molecule has 1 rings (SSSR count). The van der Waals surface area contributed by atoms with Crippen molar-refractivity contribution in [1.82, 2.24) is 0 Å². The van der Waals surface area contributed by atoms with Crippen molar-refractivity contribution in [3.05, 3.63) is 12.2 Å². The third-order valence-electron chi connectivity index (χ3n) is 1.72. The van der Waals surface area contributed by atoms with E-state index in [2.05, 4.69) is 6.58 Å². The monoisotopic (exact) mass is 162 g/mol. The van der Waals surface area contributed by atoms with Gasteiger partial charge in [-0.1, -0.05) is 6.58 Å².